The number of carbonyl (C=O) groups is 11. The number of para-hydroxylation sites is 1. The Bertz CT molecular complexity index is 3350. The zero-order valence-corrected chi connectivity index (χ0v) is 52.8. The van der Waals surface area contributed by atoms with E-state index >= 15 is 9.59 Å². The number of nitrogens with one attached hydrogen (secondary N) is 12. The van der Waals surface area contributed by atoms with E-state index in [2.05, 4.69) is 68.7 Å². The van der Waals surface area contributed by atoms with E-state index in [0.29, 0.717) is 40.4 Å². The number of hydrogen-bond acceptors (Lipinski definition) is 19. The molecular weight excluding hydrogens is 1240 g/mol. The number of pyridine rings is 1. The number of nitrogens with zero attached hydrogens (tertiary/aromatic N) is 1. The van der Waals surface area contributed by atoms with Gasteiger partial charge in [-0.15, -0.1) is 0 Å². The number of amides is 10. The summed E-state index contributed by atoms with van der Waals surface area (Å²) in [6.07, 6.45) is -0.753. The third-order valence-electron chi connectivity index (χ3n) is 14.7. The SMILES string of the molecule is CC(O)C(CO)NC(=O)[C@@H]1CSSC[C@@H](NC(=O)[C@@H](Cc2ccccc2)NC(=O)CCNC(=O)CCC(=O)NNc2ccc(C(=O)O)cn2)C(=O)N[C@H](Cc2ccccc2)C(=O)N[C@@H](Cc2c[nH]c3ccccc23)C(=O)N[C@H](CCCCN)C(=O)N[C@@H](C(C)O)C(=O)N1. The number of nitrogens with two attached hydrogens (primary N) is 1. The number of aromatic carboxylic acids is 1. The third kappa shape index (κ3) is 23.8. The molecule has 10 amide bonds. The zero-order chi connectivity index (χ0) is 67.4. The van der Waals surface area contributed by atoms with Crippen LogP contribution in [0.1, 0.15) is 79.4 Å². The Hall–Kier alpha value is -9.14. The van der Waals surface area contributed by atoms with Crippen LogP contribution in [0.4, 0.5) is 5.82 Å². The smallest absolute Gasteiger partial charge is 0.337 e. The lowest BCUT2D eigenvalue weighted by Gasteiger charge is -2.29. The average molecular weight is 1330 g/mol. The van der Waals surface area contributed by atoms with Crippen LogP contribution in [0.3, 0.4) is 0 Å². The number of unbranched alkanes of at least 4 members (excludes halogenated alkanes) is 1. The van der Waals surface area contributed by atoms with Gasteiger partial charge in [0.2, 0.25) is 59.1 Å². The number of carboxylic acid groups (broad SMARTS) is 1. The molecule has 93 heavy (non-hydrogen) atoms. The lowest BCUT2D eigenvalue weighted by Crippen LogP contribution is -2.62. The van der Waals surface area contributed by atoms with Crippen molar-refractivity contribution in [1.29, 1.82) is 0 Å². The van der Waals surface area contributed by atoms with Crippen LogP contribution < -0.4 is 64.4 Å². The minimum atomic E-state index is -1.74. The Labute approximate surface area is 543 Å². The first kappa shape index (κ1) is 72.9. The van der Waals surface area contributed by atoms with E-state index in [4.69, 9.17) is 10.8 Å². The van der Waals surface area contributed by atoms with Crippen molar-refractivity contribution in [2.24, 2.45) is 5.73 Å². The van der Waals surface area contributed by atoms with Gasteiger partial charge in [0.25, 0.3) is 0 Å². The van der Waals surface area contributed by atoms with E-state index in [0.717, 1.165) is 27.8 Å². The van der Waals surface area contributed by atoms with Crippen molar-refractivity contribution in [3.8, 4) is 0 Å². The van der Waals surface area contributed by atoms with Crippen LogP contribution >= 0.6 is 21.6 Å². The number of hydrazine groups is 1. The van der Waals surface area contributed by atoms with E-state index in [-0.39, 0.29) is 80.9 Å². The highest BCUT2D eigenvalue weighted by molar-refractivity contribution is 8.76. The number of aliphatic hydroxyl groups is 3. The van der Waals surface area contributed by atoms with Gasteiger partial charge in [0.05, 0.1) is 30.4 Å². The van der Waals surface area contributed by atoms with Crippen LogP contribution in [-0.2, 0) is 67.2 Å². The normalized spacial score (nSPS) is 19.9. The van der Waals surface area contributed by atoms with E-state index in [1.54, 1.807) is 79.0 Å². The second-order valence-electron chi connectivity index (χ2n) is 22.0. The fourth-order valence-corrected chi connectivity index (χ4v) is 11.8. The van der Waals surface area contributed by atoms with Crippen molar-refractivity contribution in [3.05, 3.63) is 132 Å². The number of carboxylic acids is 1. The highest BCUT2D eigenvalue weighted by Gasteiger charge is 2.37. The Morgan fingerprint density at radius 3 is 1.97 bits per heavy atom. The molecule has 10 atom stereocenters. The fraction of sp³-hybridized carbons (Fsp3) is 0.419. The van der Waals surface area contributed by atoms with Crippen molar-refractivity contribution in [3.63, 3.8) is 0 Å². The Balaban J connectivity index is 1.30. The Kier molecular flexibility index (Phi) is 29.3. The molecule has 0 spiro atoms. The second-order valence-corrected chi connectivity index (χ2v) is 24.6. The molecular formula is C62H80N14O15S2. The summed E-state index contributed by atoms with van der Waals surface area (Å²) in [4.78, 5) is 159. The lowest BCUT2D eigenvalue weighted by atomic mass is 10.0. The molecule has 2 aromatic heterocycles. The molecule has 0 radical (unpaired) electrons. The largest absolute Gasteiger partial charge is 0.478 e. The van der Waals surface area contributed by atoms with E-state index in [9.17, 15) is 58.5 Å². The van der Waals surface area contributed by atoms with E-state index in [1.807, 2.05) is 12.1 Å². The van der Waals surface area contributed by atoms with Gasteiger partial charge in [0, 0.05) is 79.9 Å². The van der Waals surface area contributed by atoms with Gasteiger partial charge in [0.15, 0.2) is 0 Å². The molecule has 500 valence electrons. The predicted molar refractivity (Wildman–Crippen MR) is 346 cm³/mol. The number of fused-ring (bicyclic) bond motifs is 1. The maximum absolute atomic E-state index is 15.1. The maximum Gasteiger partial charge on any atom is 0.337 e. The van der Waals surface area contributed by atoms with Crippen molar-refractivity contribution in [2.75, 3.05) is 36.6 Å². The molecule has 18 N–H and O–H groups in total. The Morgan fingerprint density at radius 2 is 1.31 bits per heavy atom. The summed E-state index contributed by atoms with van der Waals surface area (Å²) in [5.41, 5.74) is 13.1. The molecule has 1 aliphatic heterocycles. The summed E-state index contributed by atoms with van der Waals surface area (Å²) in [6.45, 7) is 1.83. The van der Waals surface area contributed by atoms with Gasteiger partial charge in [-0.05, 0) is 74.5 Å². The first-order chi connectivity index (χ1) is 44.6. The molecule has 29 nitrogen and oxygen atoms in total. The molecule has 5 aromatic rings. The van der Waals surface area contributed by atoms with Crippen LogP contribution in [0.5, 0.6) is 0 Å². The first-order valence-electron chi connectivity index (χ1n) is 30.1. The van der Waals surface area contributed by atoms with Crippen molar-refractivity contribution in [2.45, 2.75) is 132 Å². The van der Waals surface area contributed by atoms with Crippen LogP contribution in [0.15, 0.2) is 109 Å². The van der Waals surface area contributed by atoms with Gasteiger partial charge in [-0.3, -0.25) is 58.8 Å². The highest BCUT2D eigenvalue weighted by atomic mass is 33.1. The van der Waals surface area contributed by atoms with Crippen molar-refractivity contribution < 1.29 is 73.2 Å². The van der Waals surface area contributed by atoms with Gasteiger partial charge in [0.1, 0.15) is 48.1 Å². The third-order valence-corrected chi connectivity index (χ3v) is 17.2. The standard InChI is InChI=1S/C62H80N14O15S2/c1-35(78)47(32-77)71-60(88)49-34-93-92-33-48(72-56(84)44(27-37-13-5-3-6-14-37)67-52(81)24-26-64-51(80)22-23-53(82)76-75-50-21-20-39(30-66-50)62(90)91)59(87)69-45(28-38-15-7-4-8-16-38)57(85)70-46(29-40-31-65-42-18-10-9-17-41(40)42)58(86)68-43(19-11-12-25-63)55(83)74-54(36(2)79)61(89)73-49/h3-10,13-18,20-21,30-31,35-36,43-49,54,65,77-79H,11-12,19,22-29,32-34,63H2,1-2H3,(H,64,80)(H,66,75)(H,67,81)(H,68,86)(H,69,87)(H,70,85)(H,71,88)(H,72,84)(H,73,89)(H,74,83)(H,76,82)(H,90,91)/t35?,36?,43-,44-,45-,46+,47?,48-,49+,54+/m1/s1. The highest BCUT2D eigenvalue weighted by Crippen LogP contribution is 2.25. The number of H-pyrrole nitrogens is 1. The van der Waals surface area contributed by atoms with Gasteiger partial charge >= 0.3 is 5.97 Å². The monoisotopic (exact) mass is 1320 g/mol. The molecule has 6 rings (SSSR count). The number of aromatic nitrogens is 2. The summed E-state index contributed by atoms with van der Waals surface area (Å²) >= 11 is 0. The van der Waals surface area contributed by atoms with Gasteiger partial charge in [-0.25, -0.2) is 9.78 Å². The molecule has 31 heteroatoms. The summed E-state index contributed by atoms with van der Waals surface area (Å²) in [6, 6.07) is 15.3. The Morgan fingerprint density at radius 1 is 0.677 bits per heavy atom. The molecule has 0 saturated carbocycles. The number of carbonyl (C=O) groups excluding carboxylic acids is 10. The van der Waals surface area contributed by atoms with E-state index in [1.165, 1.54) is 26.0 Å². The number of aromatic amines is 1. The molecule has 3 aromatic carbocycles. The van der Waals surface area contributed by atoms with Gasteiger partial charge in [-0.2, -0.15) is 0 Å². The molecule has 1 aliphatic rings. The zero-order valence-electron chi connectivity index (χ0n) is 51.2. The van der Waals surface area contributed by atoms with Crippen molar-refractivity contribution in [1.82, 2.24) is 63.2 Å². The van der Waals surface area contributed by atoms with Gasteiger partial charge in [-0.1, -0.05) is 100 Å². The summed E-state index contributed by atoms with van der Waals surface area (Å²) < 4.78 is 0. The van der Waals surface area contributed by atoms with Crippen LogP contribution in [0, 0.1) is 0 Å². The lowest BCUT2D eigenvalue weighted by molar-refractivity contribution is -0.136. The minimum absolute atomic E-state index is 0.0229. The predicted octanol–water partition coefficient (Wildman–Crippen LogP) is -1.12. The van der Waals surface area contributed by atoms with E-state index < -0.39 is 132 Å². The fourth-order valence-electron chi connectivity index (χ4n) is 9.51. The average Bonchev–Trinajstić information content (AvgIpc) is 1.83. The van der Waals surface area contributed by atoms with Crippen LogP contribution in [-0.4, -0.2) is 187 Å². The number of rotatable bonds is 27. The minimum Gasteiger partial charge on any atom is -0.478 e. The first-order valence-corrected chi connectivity index (χ1v) is 32.6. The summed E-state index contributed by atoms with van der Waals surface area (Å²) in [5, 5.41) is 65.1. The summed E-state index contributed by atoms with van der Waals surface area (Å²) in [5.74, 6) is -9.89. The number of hydrogen-bond donors (Lipinski definition) is 17. The molecule has 1 saturated heterocycles. The number of anilines is 1. The number of aliphatic hydroxyl groups excluding tert-OH is 3. The quantitative estimate of drug-likeness (QED) is 0.0168. The molecule has 3 heterocycles. The maximum atomic E-state index is 15.1. The topological polar surface area (TPSA) is 456 Å². The molecule has 3 unspecified atom stereocenters. The van der Waals surface area contributed by atoms with Crippen LogP contribution in [0.25, 0.3) is 10.9 Å². The van der Waals surface area contributed by atoms with Crippen molar-refractivity contribution >= 4 is 103 Å². The second kappa shape index (κ2) is 37.4. The molecule has 1 fully saturated rings. The van der Waals surface area contributed by atoms with Crippen LogP contribution in [0.2, 0.25) is 0 Å². The number of benzene rings is 3. The summed E-state index contributed by atoms with van der Waals surface area (Å²) in [7, 11) is 1.87. The molecule has 0 aliphatic carbocycles. The molecule has 0 bridgehead atoms. The van der Waals surface area contributed by atoms with Gasteiger partial charge < -0.3 is 79.0 Å².